The molecule has 0 bridgehead atoms. The summed E-state index contributed by atoms with van der Waals surface area (Å²) in [6, 6.07) is 7.80. The fourth-order valence-electron chi connectivity index (χ4n) is 1.81. The Bertz CT molecular complexity index is 506. The zero-order chi connectivity index (χ0) is 15.2. The predicted molar refractivity (Wildman–Crippen MR) is 81.8 cm³/mol. The summed E-state index contributed by atoms with van der Waals surface area (Å²) in [4.78, 5) is 11.0. The molecule has 0 spiro atoms. The van der Waals surface area contributed by atoms with E-state index in [-0.39, 0.29) is 0 Å². The van der Waals surface area contributed by atoms with Crippen LogP contribution in [0.2, 0.25) is 0 Å². The SMILES string of the molecule is CC(=O)O[C@H]1OCCO[C@H]1NC(=S)Nc1ccc(C)cc1. The fraction of sp³-hybridized carbons (Fsp3) is 0.429. The number of hydrogen-bond acceptors (Lipinski definition) is 5. The molecular formula is C14H18N2O4S. The van der Waals surface area contributed by atoms with Crippen molar-refractivity contribution in [1.29, 1.82) is 0 Å². The third kappa shape index (κ3) is 4.96. The van der Waals surface area contributed by atoms with Crippen LogP contribution in [0.15, 0.2) is 24.3 Å². The van der Waals surface area contributed by atoms with Gasteiger partial charge in [-0.15, -0.1) is 0 Å². The van der Waals surface area contributed by atoms with Gasteiger partial charge in [0, 0.05) is 12.6 Å². The fourth-order valence-corrected chi connectivity index (χ4v) is 2.04. The zero-order valence-corrected chi connectivity index (χ0v) is 12.7. The van der Waals surface area contributed by atoms with Crippen molar-refractivity contribution in [3.05, 3.63) is 29.8 Å². The number of esters is 1. The number of nitrogens with one attached hydrogen (secondary N) is 2. The maximum atomic E-state index is 11.0. The van der Waals surface area contributed by atoms with Crippen LogP contribution >= 0.6 is 12.2 Å². The third-order valence-electron chi connectivity index (χ3n) is 2.77. The minimum Gasteiger partial charge on any atom is -0.431 e. The van der Waals surface area contributed by atoms with Crippen molar-refractivity contribution in [2.24, 2.45) is 0 Å². The highest BCUT2D eigenvalue weighted by Gasteiger charge is 2.30. The van der Waals surface area contributed by atoms with Gasteiger partial charge in [-0.1, -0.05) is 17.7 Å². The lowest BCUT2D eigenvalue weighted by molar-refractivity contribution is -0.244. The molecule has 1 saturated heterocycles. The molecule has 2 rings (SSSR count). The van der Waals surface area contributed by atoms with Gasteiger partial charge in [0.2, 0.25) is 6.29 Å². The van der Waals surface area contributed by atoms with Gasteiger partial charge in [0.1, 0.15) is 0 Å². The number of hydrogen-bond donors (Lipinski definition) is 2. The normalized spacial score (nSPS) is 21.4. The van der Waals surface area contributed by atoms with Gasteiger partial charge in [-0.25, -0.2) is 0 Å². The summed E-state index contributed by atoms with van der Waals surface area (Å²) >= 11 is 5.22. The first-order chi connectivity index (χ1) is 10.0. The molecule has 0 radical (unpaired) electrons. The van der Waals surface area contributed by atoms with Crippen LogP contribution < -0.4 is 10.6 Å². The lowest BCUT2D eigenvalue weighted by Crippen LogP contribution is -2.52. The maximum Gasteiger partial charge on any atom is 0.305 e. The number of benzene rings is 1. The molecule has 0 unspecified atom stereocenters. The predicted octanol–water partition coefficient (Wildman–Crippen LogP) is 1.54. The van der Waals surface area contributed by atoms with Gasteiger partial charge in [-0.2, -0.15) is 0 Å². The Morgan fingerprint density at radius 2 is 1.95 bits per heavy atom. The van der Waals surface area contributed by atoms with Crippen LogP contribution in [0, 0.1) is 6.92 Å². The molecule has 1 aliphatic rings. The molecule has 1 fully saturated rings. The second-order valence-corrected chi connectivity index (χ2v) is 5.01. The molecular weight excluding hydrogens is 292 g/mol. The molecule has 1 heterocycles. The Morgan fingerprint density at radius 3 is 2.62 bits per heavy atom. The summed E-state index contributed by atoms with van der Waals surface area (Å²) in [5.74, 6) is -0.435. The summed E-state index contributed by atoms with van der Waals surface area (Å²) in [7, 11) is 0. The highest BCUT2D eigenvalue weighted by molar-refractivity contribution is 7.80. The molecule has 0 amide bonds. The molecule has 6 nitrogen and oxygen atoms in total. The van der Waals surface area contributed by atoms with Crippen LogP contribution in [0.3, 0.4) is 0 Å². The first kappa shape index (κ1) is 15.7. The standard InChI is InChI=1S/C14H18N2O4S/c1-9-3-5-11(6-4-9)15-14(21)16-12-13(20-10(2)17)19-8-7-18-12/h3-6,12-13H,7-8H2,1-2H3,(H2,15,16,21)/t12-,13-/m1/s1. The van der Waals surface area contributed by atoms with Crippen molar-refractivity contribution < 1.29 is 19.0 Å². The van der Waals surface area contributed by atoms with E-state index in [4.69, 9.17) is 26.4 Å². The largest absolute Gasteiger partial charge is 0.431 e. The smallest absolute Gasteiger partial charge is 0.305 e. The summed E-state index contributed by atoms with van der Waals surface area (Å²) < 4.78 is 15.9. The van der Waals surface area contributed by atoms with Crippen LogP contribution in [0.25, 0.3) is 0 Å². The molecule has 0 saturated carbocycles. The Kier molecular flexibility index (Phi) is 5.49. The zero-order valence-electron chi connectivity index (χ0n) is 11.9. The van der Waals surface area contributed by atoms with Gasteiger partial charge < -0.3 is 24.8 Å². The maximum absolute atomic E-state index is 11.0. The number of anilines is 1. The summed E-state index contributed by atoms with van der Waals surface area (Å²) in [5, 5.41) is 6.34. The molecule has 7 heteroatoms. The highest BCUT2D eigenvalue weighted by Crippen LogP contribution is 2.12. The molecule has 0 aromatic heterocycles. The van der Waals surface area contributed by atoms with Crippen molar-refractivity contribution in [1.82, 2.24) is 5.32 Å². The highest BCUT2D eigenvalue weighted by atomic mass is 32.1. The van der Waals surface area contributed by atoms with Crippen molar-refractivity contribution in [2.75, 3.05) is 18.5 Å². The molecule has 1 aromatic rings. The van der Waals surface area contributed by atoms with E-state index in [0.29, 0.717) is 18.3 Å². The minimum absolute atomic E-state index is 0.367. The monoisotopic (exact) mass is 310 g/mol. The van der Waals surface area contributed by atoms with Gasteiger partial charge in [0.15, 0.2) is 11.3 Å². The average Bonchev–Trinajstić information content (AvgIpc) is 2.43. The summed E-state index contributed by atoms with van der Waals surface area (Å²) in [5.41, 5.74) is 2.03. The Labute approximate surface area is 128 Å². The van der Waals surface area contributed by atoms with Gasteiger partial charge >= 0.3 is 5.97 Å². The van der Waals surface area contributed by atoms with E-state index in [0.717, 1.165) is 5.69 Å². The average molecular weight is 310 g/mol. The second-order valence-electron chi connectivity index (χ2n) is 4.60. The molecule has 21 heavy (non-hydrogen) atoms. The first-order valence-corrected chi connectivity index (χ1v) is 7.00. The second kappa shape index (κ2) is 7.35. The van der Waals surface area contributed by atoms with Gasteiger partial charge in [-0.05, 0) is 31.3 Å². The minimum atomic E-state index is -0.811. The van der Waals surface area contributed by atoms with Crippen LogP contribution in [-0.2, 0) is 19.0 Å². The van der Waals surface area contributed by atoms with Crippen LogP contribution in [0.5, 0.6) is 0 Å². The van der Waals surface area contributed by atoms with E-state index in [9.17, 15) is 4.79 Å². The van der Waals surface area contributed by atoms with Gasteiger partial charge in [0.05, 0.1) is 13.2 Å². The Morgan fingerprint density at radius 1 is 1.29 bits per heavy atom. The number of carbonyl (C=O) groups is 1. The van der Waals surface area contributed by atoms with Gasteiger partial charge in [0.25, 0.3) is 0 Å². The van der Waals surface area contributed by atoms with E-state index < -0.39 is 18.5 Å². The molecule has 1 aromatic carbocycles. The van der Waals surface area contributed by atoms with Crippen molar-refractivity contribution in [3.8, 4) is 0 Å². The number of thiocarbonyl (C=S) groups is 1. The number of ether oxygens (including phenoxy) is 3. The number of aryl methyl sites for hydroxylation is 1. The number of carbonyl (C=O) groups excluding carboxylic acids is 1. The summed E-state index contributed by atoms with van der Waals surface area (Å²) in [6.07, 6.45) is -1.44. The van der Waals surface area contributed by atoms with Crippen molar-refractivity contribution >= 4 is 29.0 Å². The van der Waals surface area contributed by atoms with Crippen molar-refractivity contribution in [3.63, 3.8) is 0 Å². The van der Waals surface area contributed by atoms with Crippen LogP contribution in [-0.4, -0.2) is 36.8 Å². The molecule has 114 valence electrons. The Balaban J connectivity index is 1.90. The first-order valence-electron chi connectivity index (χ1n) is 6.59. The van der Waals surface area contributed by atoms with E-state index in [2.05, 4.69) is 10.6 Å². The topological polar surface area (TPSA) is 68.8 Å². The molecule has 0 aliphatic carbocycles. The van der Waals surface area contributed by atoms with Crippen LogP contribution in [0.1, 0.15) is 12.5 Å². The summed E-state index contributed by atoms with van der Waals surface area (Å²) in [6.45, 7) is 4.10. The molecule has 2 atom stereocenters. The number of rotatable bonds is 3. The molecule has 2 N–H and O–H groups in total. The quantitative estimate of drug-likeness (QED) is 0.648. The molecule has 1 aliphatic heterocycles. The Hall–Kier alpha value is -1.70. The van der Waals surface area contributed by atoms with E-state index >= 15 is 0 Å². The third-order valence-corrected chi connectivity index (χ3v) is 2.99. The van der Waals surface area contributed by atoms with Crippen LogP contribution in [0.4, 0.5) is 5.69 Å². The van der Waals surface area contributed by atoms with E-state index in [1.807, 2.05) is 31.2 Å². The lowest BCUT2D eigenvalue weighted by atomic mass is 10.2. The van der Waals surface area contributed by atoms with E-state index in [1.165, 1.54) is 12.5 Å². The van der Waals surface area contributed by atoms with Gasteiger partial charge in [-0.3, -0.25) is 4.79 Å². The van der Waals surface area contributed by atoms with Crippen molar-refractivity contribution in [2.45, 2.75) is 26.4 Å². The lowest BCUT2D eigenvalue weighted by Gasteiger charge is -2.32. The van der Waals surface area contributed by atoms with E-state index in [1.54, 1.807) is 0 Å².